The van der Waals surface area contributed by atoms with Crippen molar-refractivity contribution in [1.82, 2.24) is 0 Å². The third kappa shape index (κ3) is 3.42. The van der Waals surface area contributed by atoms with Crippen LogP contribution in [0.25, 0.3) is 0 Å². The summed E-state index contributed by atoms with van der Waals surface area (Å²) in [6.45, 7) is 5.26. The van der Waals surface area contributed by atoms with Gasteiger partial charge in [-0.1, -0.05) is 32.0 Å². The molecule has 2 aromatic carbocycles. The molecule has 2 aliphatic heterocycles. The number of rotatable bonds is 4. The zero-order valence-electron chi connectivity index (χ0n) is 18.3. The zero-order chi connectivity index (χ0) is 24.1. The molecule has 0 aromatic heterocycles. The van der Waals surface area contributed by atoms with Crippen LogP contribution in [0.2, 0.25) is 0 Å². The number of amides is 3. The molecular formula is C24H22F3N3O3. The van der Waals surface area contributed by atoms with E-state index in [1.165, 1.54) is 5.01 Å². The highest BCUT2D eigenvalue weighted by molar-refractivity contribution is 6.27. The van der Waals surface area contributed by atoms with Gasteiger partial charge in [0.05, 0.1) is 28.6 Å². The topological polar surface area (TPSA) is 70.1 Å². The van der Waals surface area contributed by atoms with E-state index in [0.29, 0.717) is 11.4 Å². The molecular weight excluding hydrogens is 435 g/mol. The maximum absolute atomic E-state index is 13.7. The summed E-state index contributed by atoms with van der Waals surface area (Å²) in [5, 5.41) is 5.71. The Morgan fingerprint density at radius 3 is 2.12 bits per heavy atom. The molecule has 2 unspecified atom stereocenters. The second-order valence-electron chi connectivity index (χ2n) is 8.53. The Balaban J connectivity index is 1.72. The Hall–Kier alpha value is -3.49. The van der Waals surface area contributed by atoms with E-state index in [0.717, 1.165) is 29.2 Å². The van der Waals surface area contributed by atoms with Gasteiger partial charge in [0.25, 0.3) is 5.91 Å². The number of carbonyl (C=O) groups is 3. The number of imide groups is 1. The zero-order valence-corrected chi connectivity index (χ0v) is 18.3. The quantitative estimate of drug-likeness (QED) is 0.628. The molecule has 0 aliphatic carbocycles. The SMILES string of the molecule is CC1=NN(c2ccccc2)C(=O)C1(C(C)C)C1CC(=O)N(c2ccc(C(F)(F)F)cc2)C1=O. The molecule has 2 aliphatic rings. The number of para-hydroxylation sites is 1. The number of benzene rings is 2. The standard InChI is InChI=1S/C24H22F3N3O3/c1-14(2)23(15(3)28-30(22(23)33)18-7-5-4-6-8-18)19-13-20(31)29(21(19)32)17-11-9-16(10-12-17)24(25,26)27/h4-12,14,19H,13H2,1-3H3. The maximum atomic E-state index is 13.7. The number of anilines is 2. The molecule has 2 atom stereocenters. The largest absolute Gasteiger partial charge is 0.416 e. The molecule has 0 N–H and O–H groups in total. The Labute approximate surface area is 188 Å². The first kappa shape index (κ1) is 22.7. The van der Waals surface area contributed by atoms with E-state index >= 15 is 0 Å². The Kier molecular flexibility index (Phi) is 5.38. The molecule has 0 radical (unpaired) electrons. The molecule has 9 heteroatoms. The lowest BCUT2D eigenvalue weighted by Crippen LogP contribution is -2.51. The number of nitrogens with zero attached hydrogens (tertiary/aromatic N) is 3. The molecule has 6 nitrogen and oxygen atoms in total. The van der Waals surface area contributed by atoms with Gasteiger partial charge in [-0.05, 0) is 49.2 Å². The highest BCUT2D eigenvalue weighted by atomic mass is 19.4. The van der Waals surface area contributed by atoms with Gasteiger partial charge >= 0.3 is 6.18 Å². The van der Waals surface area contributed by atoms with E-state index in [2.05, 4.69) is 5.10 Å². The van der Waals surface area contributed by atoms with Crippen LogP contribution in [0.4, 0.5) is 24.5 Å². The fourth-order valence-corrected chi connectivity index (χ4v) is 4.88. The molecule has 4 rings (SSSR count). The normalized spacial score (nSPS) is 23.7. The predicted octanol–water partition coefficient (Wildman–Crippen LogP) is 4.65. The minimum atomic E-state index is -4.54. The van der Waals surface area contributed by atoms with Crippen LogP contribution in [0.1, 0.15) is 32.8 Å². The summed E-state index contributed by atoms with van der Waals surface area (Å²) in [6.07, 6.45) is -4.77. The molecule has 2 heterocycles. The van der Waals surface area contributed by atoms with Crippen molar-refractivity contribution in [2.75, 3.05) is 9.91 Å². The van der Waals surface area contributed by atoms with E-state index in [1.54, 1.807) is 51.1 Å². The van der Waals surface area contributed by atoms with E-state index in [-0.39, 0.29) is 18.0 Å². The van der Waals surface area contributed by atoms with Crippen molar-refractivity contribution in [2.45, 2.75) is 33.4 Å². The predicted molar refractivity (Wildman–Crippen MR) is 116 cm³/mol. The second-order valence-corrected chi connectivity index (χ2v) is 8.53. The summed E-state index contributed by atoms with van der Waals surface area (Å²) >= 11 is 0. The number of hydrogen-bond acceptors (Lipinski definition) is 4. The van der Waals surface area contributed by atoms with Gasteiger partial charge in [0.1, 0.15) is 5.41 Å². The number of hydrogen-bond donors (Lipinski definition) is 0. The summed E-state index contributed by atoms with van der Waals surface area (Å²) in [7, 11) is 0. The molecule has 0 spiro atoms. The van der Waals surface area contributed by atoms with E-state index in [9.17, 15) is 27.6 Å². The summed E-state index contributed by atoms with van der Waals surface area (Å²) < 4.78 is 38.7. The molecule has 1 fully saturated rings. The van der Waals surface area contributed by atoms with Gasteiger partial charge in [0.2, 0.25) is 11.8 Å². The monoisotopic (exact) mass is 457 g/mol. The van der Waals surface area contributed by atoms with Crippen molar-refractivity contribution in [2.24, 2.45) is 22.4 Å². The van der Waals surface area contributed by atoms with Crippen LogP contribution in [0.3, 0.4) is 0 Å². The molecule has 3 amide bonds. The van der Waals surface area contributed by atoms with Gasteiger partial charge < -0.3 is 0 Å². The smallest absolute Gasteiger partial charge is 0.274 e. The van der Waals surface area contributed by atoms with Crippen molar-refractivity contribution >= 4 is 34.8 Å². The van der Waals surface area contributed by atoms with Crippen molar-refractivity contribution in [1.29, 1.82) is 0 Å². The fraction of sp³-hybridized carbons (Fsp3) is 0.333. The number of halogens is 3. The Bertz CT molecular complexity index is 1140. The summed E-state index contributed by atoms with van der Waals surface area (Å²) in [5.41, 5.74) is -1.22. The molecule has 0 bridgehead atoms. The van der Waals surface area contributed by atoms with Gasteiger partial charge in [-0.2, -0.15) is 23.3 Å². The third-order valence-corrected chi connectivity index (χ3v) is 6.46. The van der Waals surface area contributed by atoms with Gasteiger partial charge in [0.15, 0.2) is 0 Å². The summed E-state index contributed by atoms with van der Waals surface area (Å²) in [6, 6.07) is 12.6. The van der Waals surface area contributed by atoms with Crippen LogP contribution in [-0.2, 0) is 20.6 Å². The average molecular weight is 457 g/mol. The van der Waals surface area contributed by atoms with E-state index in [1.807, 2.05) is 0 Å². The van der Waals surface area contributed by atoms with Crippen LogP contribution >= 0.6 is 0 Å². The minimum Gasteiger partial charge on any atom is -0.274 e. The van der Waals surface area contributed by atoms with Crippen molar-refractivity contribution in [3.8, 4) is 0 Å². The fourth-order valence-electron chi connectivity index (χ4n) is 4.88. The van der Waals surface area contributed by atoms with Gasteiger partial charge in [-0.25, -0.2) is 0 Å². The summed E-state index contributed by atoms with van der Waals surface area (Å²) in [5.74, 6) is -2.97. The number of carbonyl (C=O) groups excluding carboxylic acids is 3. The summed E-state index contributed by atoms with van der Waals surface area (Å²) in [4.78, 5) is 41.0. The minimum absolute atomic E-state index is 0.0411. The molecule has 33 heavy (non-hydrogen) atoms. The Morgan fingerprint density at radius 1 is 0.970 bits per heavy atom. The first-order valence-electron chi connectivity index (χ1n) is 10.5. The van der Waals surface area contributed by atoms with Crippen molar-refractivity contribution < 1.29 is 27.6 Å². The highest BCUT2D eigenvalue weighted by Gasteiger charge is 2.62. The van der Waals surface area contributed by atoms with E-state index < -0.39 is 40.8 Å². The first-order valence-corrected chi connectivity index (χ1v) is 10.5. The first-order chi connectivity index (χ1) is 15.5. The van der Waals surface area contributed by atoms with Crippen molar-refractivity contribution in [3.63, 3.8) is 0 Å². The van der Waals surface area contributed by atoms with Crippen LogP contribution < -0.4 is 9.91 Å². The second kappa shape index (κ2) is 7.83. The van der Waals surface area contributed by atoms with Crippen LogP contribution in [-0.4, -0.2) is 23.4 Å². The molecule has 1 saturated heterocycles. The van der Waals surface area contributed by atoms with Gasteiger partial charge in [-0.3, -0.25) is 19.3 Å². The van der Waals surface area contributed by atoms with Crippen LogP contribution in [0.5, 0.6) is 0 Å². The van der Waals surface area contributed by atoms with Gasteiger partial charge in [-0.15, -0.1) is 0 Å². The lowest BCUT2D eigenvalue weighted by atomic mass is 9.64. The molecule has 172 valence electrons. The maximum Gasteiger partial charge on any atom is 0.416 e. The molecule has 0 saturated carbocycles. The highest BCUT2D eigenvalue weighted by Crippen LogP contribution is 2.49. The third-order valence-electron chi connectivity index (χ3n) is 6.46. The average Bonchev–Trinajstić information content (AvgIpc) is 3.20. The van der Waals surface area contributed by atoms with Gasteiger partial charge in [0, 0.05) is 6.42 Å². The number of hydrazone groups is 1. The van der Waals surface area contributed by atoms with Crippen molar-refractivity contribution in [3.05, 3.63) is 60.2 Å². The van der Waals surface area contributed by atoms with Crippen LogP contribution in [0, 0.1) is 17.3 Å². The Morgan fingerprint density at radius 2 is 1.58 bits per heavy atom. The lowest BCUT2D eigenvalue weighted by Gasteiger charge is -2.36. The number of alkyl halides is 3. The lowest BCUT2D eigenvalue weighted by molar-refractivity contribution is -0.137. The van der Waals surface area contributed by atoms with E-state index in [4.69, 9.17) is 0 Å². The molecule has 2 aromatic rings. The van der Waals surface area contributed by atoms with Crippen LogP contribution in [0.15, 0.2) is 59.7 Å².